The van der Waals surface area contributed by atoms with Crippen molar-refractivity contribution in [2.45, 2.75) is 99.2 Å². The number of carbonyl (C=O) groups excluding carboxylic acids is 2. The SMILES string of the molecule is CC(=O)N[C@H]1[C@H]([C@H](O)[C@H](O)CO)O[C@@](O[C@H](CO)[C@@H](O)[C@@H]2O[C@](O)(C(=O)O)C[C@H](O)[C@H]2NC(C)=O)(C(=O)O)C[C@@H]1O. The van der Waals surface area contributed by atoms with Gasteiger partial charge in [0.2, 0.25) is 11.8 Å². The Bertz CT molecular complexity index is 968. The minimum Gasteiger partial charge on any atom is -0.477 e. The molecule has 0 aliphatic carbocycles. The van der Waals surface area contributed by atoms with Gasteiger partial charge in [-0.1, -0.05) is 0 Å². The highest BCUT2D eigenvalue weighted by Crippen LogP contribution is 2.37. The maximum Gasteiger partial charge on any atom is 0.364 e. The molecule has 12 N–H and O–H groups in total. The number of hydrogen-bond donors (Lipinski definition) is 12. The molecule has 2 aliphatic rings. The van der Waals surface area contributed by atoms with Gasteiger partial charge in [-0.15, -0.1) is 0 Å². The summed E-state index contributed by atoms with van der Waals surface area (Å²) < 4.78 is 15.9. The molecule has 19 nitrogen and oxygen atoms in total. The van der Waals surface area contributed by atoms with Gasteiger partial charge in [-0.05, 0) is 0 Å². The number of ether oxygens (including phenoxy) is 3. The van der Waals surface area contributed by atoms with Crippen molar-refractivity contribution in [3.05, 3.63) is 0 Å². The van der Waals surface area contributed by atoms with Crippen LogP contribution in [-0.4, -0.2) is 161 Å². The molecule has 2 fully saturated rings. The van der Waals surface area contributed by atoms with Crippen LogP contribution < -0.4 is 10.6 Å². The number of rotatable bonds is 12. The molecule has 0 radical (unpaired) electrons. The summed E-state index contributed by atoms with van der Waals surface area (Å²) in [6.45, 7) is -0.288. The van der Waals surface area contributed by atoms with Crippen LogP contribution in [0.2, 0.25) is 0 Å². The predicted molar refractivity (Wildman–Crippen MR) is 126 cm³/mol. The molecule has 0 bridgehead atoms. The Labute approximate surface area is 231 Å². The van der Waals surface area contributed by atoms with Crippen molar-refractivity contribution in [2.24, 2.45) is 0 Å². The number of hydrogen-bond acceptors (Lipinski definition) is 15. The average Bonchev–Trinajstić information content (AvgIpc) is 2.88. The molecule has 41 heavy (non-hydrogen) atoms. The van der Waals surface area contributed by atoms with E-state index in [-0.39, 0.29) is 0 Å². The average molecular weight is 601 g/mol. The minimum atomic E-state index is -3.09. The van der Waals surface area contributed by atoms with Crippen molar-refractivity contribution in [3.8, 4) is 0 Å². The summed E-state index contributed by atoms with van der Waals surface area (Å²) in [6, 6.07) is -3.17. The fourth-order valence-electron chi connectivity index (χ4n) is 4.73. The number of aliphatic carboxylic acids is 2. The topological polar surface area (TPSA) is 322 Å². The van der Waals surface area contributed by atoms with Crippen LogP contribution in [0.25, 0.3) is 0 Å². The van der Waals surface area contributed by atoms with E-state index in [9.17, 15) is 70.2 Å². The van der Waals surface area contributed by atoms with Crippen LogP contribution in [0, 0.1) is 0 Å². The zero-order valence-corrected chi connectivity index (χ0v) is 21.9. The van der Waals surface area contributed by atoms with Gasteiger partial charge in [0, 0.05) is 26.7 Å². The van der Waals surface area contributed by atoms with Crippen molar-refractivity contribution in [1.29, 1.82) is 0 Å². The Kier molecular flexibility index (Phi) is 11.5. The van der Waals surface area contributed by atoms with Gasteiger partial charge in [0.1, 0.15) is 36.6 Å². The van der Waals surface area contributed by atoms with E-state index in [0.29, 0.717) is 0 Å². The lowest BCUT2D eigenvalue weighted by molar-refractivity contribution is -0.342. The first kappa shape index (κ1) is 34.6. The molecule has 12 atom stereocenters. The number of aliphatic hydroxyl groups excluding tert-OH is 7. The fourth-order valence-corrected chi connectivity index (χ4v) is 4.73. The van der Waals surface area contributed by atoms with Crippen molar-refractivity contribution in [2.75, 3.05) is 13.2 Å². The van der Waals surface area contributed by atoms with Crippen molar-refractivity contribution >= 4 is 23.8 Å². The zero-order chi connectivity index (χ0) is 31.4. The molecule has 236 valence electrons. The summed E-state index contributed by atoms with van der Waals surface area (Å²) in [5, 5.41) is 106. The first-order chi connectivity index (χ1) is 18.9. The second-order valence-electron chi connectivity index (χ2n) is 9.88. The van der Waals surface area contributed by atoms with Crippen LogP contribution in [0.5, 0.6) is 0 Å². The summed E-state index contributed by atoms with van der Waals surface area (Å²) in [6.07, 6.45) is -18.2. The first-order valence-corrected chi connectivity index (χ1v) is 12.3. The van der Waals surface area contributed by atoms with Crippen molar-refractivity contribution in [1.82, 2.24) is 10.6 Å². The number of carboxylic acid groups (broad SMARTS) is 2. The molecular weight excluding hydrogens is 564 g/mol. The maximum atomic E-state index is 12.4. The summed E-state index contributed by atoms with van der Waals surface area (Å²) in [5.74, 6) is -11.7. The van der Waals surface area contributed by atoms with Crippen LogP contribution in [0.15, 0.2) is 0 Å². The lowest BCUT2D eigenvalue weighted by atomic mass is 9.87. The fraction of sp³-hybridized carbons (Fsp3) is 0.818. The third-order valence-corrected chi connectivity index (χ3v) is 6.72. The quantitative estimate of drug-likeness (QED) is 0.0990. The number of aliphatic hydroxyl groups is 8. The second kappa shape index (κ2) is 13.6. The van der Waals surface area contributed by atoms with E-state index in [0.717, 1.165) is 13.8 Å². The van der Waals surface area contributed by atoms with Crippen molar-refractivity contribution < 1.29 is 84.5 Å². The number of carbonyl (C=O) groups is 4. The molecular formula is C22H36N2O17. The van der Waals surface area contributed by atoms with Gasteiger partial charge in [-0.25, -0.2) is 9.59 Å². The van der Waals surface area contributed by atoms with Gasteiger partial charge in [0.15, 0.2) is 0 Å². The highest BCUT2D eigenvalue weighted by Gasteiger charge is 2.59. The molecule has 0 unspecified atom stereocenters. The minimum absolute atomic E-state index is 0.760. The zero-order valence-electron chi connectivity index (χ0n) is 21.9. The Morgan fingerprint density at radius 3 is 1.73 bits per heavy atom. The van der Waals surface area contributed by atoms with Crippen LogP contribution in [-0.2, 0) is 33.4 Å². The summed E-state index contributed by atoms with van der Waals surface area (Å²) in [7, 11) is 0. The van der Waals surface area contributed by atoms with E-state index in [2.05, 4.69) is 10.6 Å². The lowest BCUT2D eigenvalue weighted by Gasteiger charge is -2.49. The largest absolute Gasteiger partial charge is 0.477 e. The monoisotopic (exact) mass is 600 g/mol. The third-order valence-electron chi connectivity index (χ3n) is 6.72. The summed E-state index contributed by atoms with van der Waals surface area (Å²) in [4.78, 5) is 47.4. The Balaban J connectivity index is 2.49. The Morgan fingerprint density at radius 1 is 0.829 bits per heavy atom. The van der Waals surface area contributed by atoms with Gasteiger partial charge in [-0.2, -0.15) is 0 Å². The van der Waals surface area contributed by atoms with E-state index in [1.807, 2.05) is 0 Å². The Morgan fingerprint density at radius 2 is 1.32 bits per heavy atom. The van der Waals surface area contributed by atoms with Crippen LogP contribution in [0.1, 0.15) is 26.7 Å². The highest BCUT2D eigenvalue weighted by molar-refractivity contribution is 5.77. The molecule has 0 aromatic carbocycles. The number of amides is 2. The maximum absolute atomic E-state index is 12.4. The third kappa shape index (κ3) is 7.64. The van der Waals surface area contributed by atoms with Crippen LogP contribution >= 0.6 is 0 Å². The smallest absolute Gasteiger partial charge is 0.364 e. The molecule has 2 amide bonds. The molecule has 0 aromatic rings. The Hall–Kier alpha value is -2.56. The van der Waals surface area contributed by atoms with E-state index < -0.39 is 122 Å². The lowest BCUT2D eigenvalue weighted by Crippen LogP contribution is -2.70. The molecule has 0 aromatic heterocycles. The van der Waals surface area contributed by atoms with Gasteiger partial charge in [0.25, 0.3) is 11.6 Å². The number of carboxylic acids is 2. The molecule has 0 spiro atoms. The highest BCUT2D eigenvalue weighted by atomic mass is 16.7. The van der Waals surface area contributed by atoms with Crippen LogP contribution in [0.4, 0.5) is 0 Å². The van der Waals surface area contributed by atoms with E-state index >= 15 is 0 Å². The normalized spacial score (nSPS) is 36.8. The molecule has 2 heterocycles. The predicted octanol–water partition coefficient (Wildman–Crippen LogP) is -6.70. The van der Waals surface area contributed by atoms with Crippen LogP contribution in [0.3, 0.4) is 0 Å². The summed E-state index contributed by atoms with van der Waals surface area (Å²) >= 11 is 0. The van der Waals surface area contributed by atoms with Gasteiger partial charge in [0.05, 0.1) is 37.5 Å². The molecule has 19 heteroatoms. The molecule has 2 aliphatic heterocycles. The molecule has 0 saturated carbocycles. The first-order valence-electron chi connectivity index (χ1n) is 12.3. The number of nitrogens with one attached hydrogen (secondary N) is 2. The standard InChI is InChI=1S/C22H36N2O17/c1-7(27)23-13-9(29)3-21(38,19(34)35)40-18(13)16(33)12(6-26)39-22(20(36)37)4-10(30)14(24-8(2)28)17(41-22)15(32)11(31)5-25/h9-18,25-26,29-33,38H,3-6H2,1-2H3,(H,23,27)(H,24,28)(H,34,35)(H,36,37)/t9-,10-,11+,12+,13+,14+,15+,16+,17+,18+,21-,22+/m0/s1. The second-order valence-corrected chi connectivity index (χ2v) is 9.88. The molecule has 2 saturated heterocycles. The van der Waals surface area contributed by atoms with Crippen molar-refractivity contribution in [3.63, 3.8) is 0 Å². The van der Waals surface area contributed by atoms with E-state index in [1.54, 1.807) is 0 Å². The van der Waals surface area contributed by atoms with Gasteiger partial charge >= 0.3 is 11.9 Å². The van der Waals surface area contributed by atoms with Gasteiger partial charge < -0.3 is 75.9 Å². The van der Waals surface area contributed by atoms with Gasteiger partial charge in [-0.3, -0.25) is 9.59 Å². The van der Waals surface area contributed by atoms with E-state index in [4.69, 9.17) is 14.2 Å². The summed E-state index contributed by atoms with van der Waals surface area (Å²) in [5.41, 5.74) is 0. The van der Waals surface area contributed by atoms with E-state index in [1.165, 1.54) is 0 Å². The molecule has 2 rings (SSSR count).